The Labute approximate surface area is 147 Å². The Balaban J connectivity index is 1.95. The molecule has 0 aliphatic carbocycles. The van der Waals surface area contributed by atoms with Crippen molar-refractivity contribution >= 4 is 17.2 Å². The van der Waals surface area contributed by atoms with Crippen molar-refractivity contribution < 1.29 is 13.2 Å². The third-order valence-corrected chi connectivity index (χ3v) is 5.04. The van der Waals surface area contributed by atoms with E-state index in [0.29, 0.717) is 5.82 Å². The molecule has 1 aliphatic heterocycles. The second kappa shape index (κ2) is 6.22. The Morgan fingerprint density at radius 2 is 1.96 bits per heavy atom. The summed E-state index contributed by atoms with van der Waals surface area (Å²) in [7, 11) is 0. The van der Waals surface area contributed by atoms with Gasteiger partial charge in [-0.25, -0.2) is 4.68 Å². The fourth-order valence-corrected chi connectivity index (χ4v) is 3.85. The molecule has 0 saturated heterocycles. The van der Waals surface area contributed by atoms with Crippen LogP contribution in [0, 0.1) is 0 Å². The summed E-state index contributed by atoms with van der Waals surface area (Å²) in [6.45, 7) is 0.732. The molecule has 25 heavy (non-hydrogen) atoms. The highest BCUT2D eigenvalue weighted by Gasteiger charge is 2.35. The molecule has 3 nitrogen and oxygen atoms in total. The first-order chi connectivity index (χ1) is 12.1. The number of anilines is 1. The van der Waals surface area contributed by atoms with Crippen molar-refractivity contribution in [1.29, 1.82) is 0 Å². The lowest BCUT2D eigenvalue weighted by Gasteiger charge is -2.15. The summed E-state index contributed by atoms with van der Waals surface area (Å²) in [5.74, 6) is 0.676. The molecule has 3 heterocycles. The molecule has 0 saturated carbocycles. The highest BCUT2D eigenvalue weighted by Crippen LogP contribution is 2.38. The zero-order chi connectivity index (χ0) is 17.4. The Morgan fingerprint density at radius 1 is 1.12 bits per heavy atom. The Morgan fingerprint density at radius 3 is 2.72 bits per heavy atom. The maximum Gasteiger partial charge on any atom is 0.418 e. The number of fused-ring (bicyclic) bond motifs is 1. The SMILES string of the molecule is FC(F)(F)c1ccccc1-n1nc(-c2ccsc2)c2c1NCCCC2. The van der Waals surface area contributed by atoms with Crippen LogP contribution in [0.25, 0.3) is 16.9 Å². The van der Waals surface area contributed by atoms with Gasteiger partial charge in [0.25, 0.3) is 0 Å². The summed E-state index contributed by atoms with van der Waals surface area (Å²) < 4.78 is 41.8. The number of para-hydroxylation sites is 1. The lowest BCUT2D eigenvalue weighted by molar-refractivity contribution is -0.137. The Bertz CT molecular complexity index is 882. The van der Waals surface area contributed by atoms with E-state index in [2.05, 4.69) is 10.4 Å². The average molecular weight is 363 g/mol. The fraction of sp³-hybridized carbons (Fsp3) is 0.278. The highest BCUT2D eigenvalue weighted by molar-refractivity contribution is 7.08. The van der Waals surface area contributed by atoms with Crippen molar-refractivity contribution in [1.82, 2.24) is 9.78 Å². The molecule has 1 N–H and O–H groups in total. The lowest BCUT2D eigenvalue weighted by atomic mass is 10.1. The van der Waals surface area contributed by atoms with Gasteiger partial charge in [-0.05, 0) is 42.8 Å². The van der Waals surface area contributed by atoms with Crippen LogP contribution >= 0.6 is 11.3 Å². The largest absolute Gasteiger partial charge is 0.418 e. The minimum atomic E-state index is -4.43. The molecule has 130 valence electrons. The number of halogens is 3. The monoisotopic (exact) mass is 363 g/mol. The van der Waals surface area contributed by atoms with E-state index < -0.39 is 11.7 Å². The number of alkyl halides is 3. The van der Waals surface area contributed by atoms with Crippen LogP contribution in [0.5, 0.6) is 0 Å². The number of benzene rings is 1. The van der Waals surface area contributed by atoms with Crippen molar-refractivity contribution in [3.63, 3.8) is 0 Å². The van der Waals surface area contributed by atoms with Crippen LogP contribution in [-0.2, 0) is 12.6 Å². The molecule has 2 aromatic heterocycles. The van der Waals surface area contributed by atoms with Crippen LogP contribution in [0.1, 0.15) is 24.0 Å². The van der Waals surface area contributed by atoms with Gasteiger partial charge in [0.15, 0.2) is 0 Å². The molecule has 0 amide bonds. The smallest absolute Gasteiger partial charge is 0.370 e. The van der Waals surface area contributed by atoms with E-state index in [0.717, 1.165) is 48.7 Å². The van der Waals surface area contributed by atoms with Gasteiger partial charge in [-0.15, -0.1) is 0 Å². The van der Waals surface area contributed by atoms with Crippen molar-refractivity contribution in [2.75, 3.05) is 11.9 Å². The van der Waals surface area contributed by atoms with Gasteiger partial charge in [0.1, 0.15) is 5.82 Å². The summed E-state index contributed by atoms with van der Waals surface area (Å²) in [4.78, 5) is 0. The number of hydrogen-bond acceptors (Lipinski definition) is 3. The second-order valence-corrected chi connectivity index (χ2v) is 6.78. The quantitative estimate of drug-likeness (QED) is 0.663. The maximum atomic E-state index is 13.5. The van der Waals surface area contributed by atoms with E-state index in [1.807, 2.05) is 16.8 Å². The van der Waals surface area contributed by atoms with E-state index in [9.17, 15) is 13.2 Å². The molecule has 0 bridgehead atoms. The van der Waals surface area contributed by atoms with E-state index in [-0.39, 0.29) is 5.69 Å². The minimum absolute atomic E-state index is 0.0575. The summed E-state index contributed by atoms with van der Waals surface area (Å²) in [5, 5.41) is 11.8. The molecular weight excluding hydrogens is 347 g/mol. The van der Waals surface area contributed by atoms with E-state index in [1.165, 1.54) is 16.8 Å². The molecule has 0 radical (unpaired) electrons. The van der Waals surface area contributed by atoms with E-state index in [4.69, 9.17) is 0 Å². The van der Waals surface area contributed by atoms with E-state index in [1.54, 1.807) is 17.4 Å². The molecule has 1 aliphatic rings. The summed E-state index contributed by atoms with van der Waals surface area (Å²) in [6, 6.07) is 7.55. The van der Waals surface area contributed by atoms with Crippen molar-refractivity contribution in [2.45, 2.75) is 25.4 Å². The van der Waals surface area contributed by atoms with Gasteiger partial charge in [0, 0.05) is 23.1 Å². The van der Waals surface area contributed by atoms with Crippen molar-refractivity contribution in [3.8, 4) is 16.9 Å². The topological polar surface area (TPSA) is 29.9 Å². The summed E-state index contributed by atoms with van der Waals surface area (Å²) in [6.07, 6.45) is -1.65. The number of aromatic nitrogens is 2. The molecule has 7 heteroatoms. The predicted molar refractivity (Wildman–Crippen MR) is 93.3 cm³/mol. The van der Waals surface area contributed by atoms with Gasteiger partial charge in [-0.3, -0.25) is 0 Å². The highest BCUT2D eigenvalue weighted by atomic mass is 32.1. The van der Waals surface area contributed by atoms with Crippen LogP contribution in [0.3, 0.4) is 0 Å². The molecule has 0 spiro atoms. The van der Waals surface area contributed by atoms with Crippen LogP contribution in [0.15, 0.2) is 41.1 Å². The second-order valence-electron chi connectivity index (χ2n) is 6.00. The van der Waals surface area contributed by atoms with Gasteiger partial charge in [0.2, 0.25) is 0 Å². The molecule has 0 fully saturated rings. The zero-order valence-corrected chi connectivity index (χ0v) is 14.1. The molecule has 0 atom stereocenters. The standard InChI is InChI=1S/C18H16F3N3S/c19-18(20,21)14-6-1-2-7-15(14)24-17-13(5-3-4-9-22-17)16(23-24)12-8-10-25-11-12/h1-2,6-8,10-11,22H,3-5,9H2. The number of nitrogens with one attached hydrogen (secondary N) is 1. The van der Waals surface area contributed by atoms with Gasteiger partial charge < -0.3 is 5.32 Å². The summed E-state index contributed by atoms with van der Waals surface area (Å²) >= 11 is 1.55. The third kappa shape index (κ3) is 2.93. The number of nitrogens with zero attached hydrogens (tertiary/aromatic N) is 2. The van der Waals surface area contributed by atoms with Crippen molar-refractivity contribution in [2.24, 2.45) is 0 Å². The molecular formula is C18H16F3N3S. The predicted octanol–water partition coefficient (Wildman–Crippen LogP) is 5.37. The van der Waals surface area contributed by atoms with Crippen LogP contribution < -0.4 is 5.32 Å². The molecule has 0 unspecified atom stereocenters. The van der Waals surface area contributed by atoms with Crippen molar-refractivity contribution in [3.05, 3.63) is 52.2 Å². The number of hydrogen-bond donors (Lipinski definition) is 1. The average Bonchev–Trinajstić information content (AvgIpc) is 3.16. The number of thiophene rings is 1. The Kier molecular flexibility index (Phi) is 4.03. The van der Waals surface area contributed by atoms with Gasteiger partial charge in [-0.2, -0.15) is 29.6 Å². The van der Waals surface area contributed by atoms with Gasteiger partial charge in [-0.1, -0.05) is 12.1 Å². The van der Waals surface area contributed by atoms with Crippen LogP contribution in [0.4, 0.5) is 19.0 Å². The van der Waals surface area contributed by atoms with Crippen LogP contribution in [-0.4, -0.2) is 16.3 Å². The Hall–Kier alpha value is -2.28. The molecule has 4 rings (SSSR count). The minimum Gasteiger partial charge on any atom is -0.370 e. The maximum absolute atomic E-state index is 13.5. The van der Waals surface area contributed by atoms with Crippen LogP contribution in [0.2, 0.25) is 0 Å². The third-order valence-electron chi connectivity index (χ3n) is 4.36. The molecule has 1 aromatic carbocycles. The number of rotatable bonds is 2. The first-order valence-corrected chi connectivity index (χ1v) is 9.05. The summed E-state index contributed by atoms with van der Waals surface area (Å²) in [5.41, 5.74) is 2.09. The zero-order valence-electron chi connectivity index (χ0n) is 13.3. The van der Waals surface area contributed by atoms with E-state index >= 15 is 0 Å². The first kappa shape index (κ1) is 16.2. The normalized spacial score (nSPS) is 14.7. The van der Waals surface area contributed by atoms with Gasteiger partial charge >= 0.3 is 6.18 Å². The molecule has 3 aromatic rings. The fourth-order valence-electron chi connectivity index (χ4n) is 3.21. The first-order valence-electron chi connectivity index (χ1n) is 8.10. The van der Waals surface area contributed by atoms with Gasteiger partial charge in [0.05, 0.1) is 16.9 Å². The lowest BCUT2D eigenvalue weighted by Crippen LogP contribution is -2.14.